The Labute approximate surface area is 156 Å². The van der Waals surface area contributed by atoms with Gasteiger partial charge in [-0.3, -0.25) is 9.67 Å². The highest BCUT2D eigenvalue weighted by atomic mass is 32.2. The van der Waals surface area contributed by atoms with E-state index in [0.29, 0.717) is 0 Å². The summed E-state index contributed by atoms with van der Waals surface area (Å²) in [5.41, 5.74) is 2.30. The van der Waals surface area contributed by atoms with Crippen LogP contribution in [0, 0.1) is 13.8 Å². The lowest BCUT2D eigenvalue weighted by molar-refractivity contribution is 0.0794. The fourth-order valence-electron chi connectivity index (χ4n) is 3.07. The highest BCUT2D eigenvalue weighted by Crippen LogP contribution is 2.33. The maximum atomic E-state index is 5.51. The van der Waals surface area contributed by atoms with Crippen molar-refractivity contribution in [1.29, 1.82) is 0 Å². The molecule has 1 aliphatic rings. The third-order valence-electron chi connectivity index (χ3n) is 4.65. The second-order valence-corrected chi connectivity index (χ2v) is 7.90. The largest absolute Gasteiger partial charge is 0.381 e. The van der Waals surface area contributed by atoms with Crippen LogP contribution in [0.15, 0.2) is 11.1 Å². The summed E-state index contributed by atoms with van der Waals surface area (Å²) in [4.78, 5) is 4.84. The van der Waals surface area contributed by atoms with Crippen molar-refractivity contribution in [2.45, 2.75) is 51.3 Å². The van der Waals surface area contributed by atoms with Gasteiger partial charge in [0.25, 0.3) is 0 Å². The van der Waals surface area contributed by atoms with Gasteiger partial charge in [-0.1, -0.05) is 0 Å². The Kier molecular flexibility index (Phi) is 8.09. The summed E-state index contributed by atoms with van der Waals surface area (Å²) in [7, 11) is 0. The fraction of sp³-hybridized carbons (Fsp3) is 0.778. The van der Waals surface area contributed by atoms with Crippen molar-refractivity contribution < 1.29 is 4.74 Å². The molecule has 0 bridgehead atoms. The number of hydrogen-bond acceptors (Lipinski definition) is 4. The van der Waals surface area contributed by atoms with Crippen LogP contribution in [0.25, 0.3) is 0 Å². The zero-order chi connectivity index (χ0) is 18.1. The Bertz CT molecular complexity index is 552. The van der Waals surface area contributed by atoms with Crippen molar-refractivity contribution in [1.82, 2.24) is 20.4 Å². The molecule has 1 aromatic heterocycles. The number of nitrogens with one attached hydrogen (secondary N) is 2. The van der Waals surface area contributed by atoms with Crippen molar-refractivity contribution in [3.05, 3.63) is 17.5 Å². The normalized spacial score (nSPS) is 17.5. The molecule has 0 amide bonds. The lowest BCUT2D eigenvalue weighted by Gasteiger charge is -2.34. The summed E-state index contributed by atoms with van der Waals surface area (Å²) < 4.78 is 7.81. The SMILES string of the molecule is CCNC(=NCC1(SC)CCOCC1)NCCCn1nc(C)cc1C. The molecule has 0 aliphatic carbocycles. The van der Waals surface area contributed by atoms with Gasteiger partial charge < -0.3 is 15.4 Å². The van der Waals surface area contributed by atoms with Gasteiger partial charge in [-0.25, -0.2) is 0 Å². The number of rotatable bonds is 8. The Morgan fingerprint density at radius 1 is 1.36 bits per heavy atom. The molecule has 0 spiro atoms. The zero-order valence-electron chi connectivity index (χ0n) is 16.1. The minimum absolute atomic E-state index is 0.226. The first kappa shape index (κ1) is 20.1. The van der Waals surface area contributed by atoms with E-state index >= 15 is 0 Å². The molecule has 0 saturated carbocycles. The van der Waals surface area contributed by atoms with E-state index in [-0.39, 0.29) is 4.75 Å². The lowest BCUT2D eigenvalue weighted by Crippen LogP contribution is -2.41. The molecule has 0 aromatic carbocycles. The third kappa shape index (κ3) is 6.22. The highest BCUT2D eigenvalue weighted by Gasteiger charge is 2.31. The minimum atomic E-state index is 0.226. The number of nitrogens with zero attached hydrogens (tertiary/aromatic N) is 3. The predicted octanol–water partition coefficient (Wildman–Crippen LogP) is 2.36. The van der Waals surface area contributed by atoms with E-state index in [4.69, 9.17) is 9.73 Å². The maximum absolute atomic E-state index is 5.51. The third-order valence-corrected chi connectivity index (χ3v) is 6.05. The van der Waals surface area contributed by atoms with Crippen molar-refractivity contribution in [3.63, 3.8) is 0 Å². The van der Waals surface area contributed by atoms with Crippen molar-refractivity contribution >= 4 is 17.7 Å². The number of aromatic nitrogens is 2. The Hall–Kier alpha value is -1.21. The van der Waals surface area contributed by atoms with E-state index in [1.807, 2.05) is 18.7 Å². The second-order valence-electron chi connectivity index (χ2n) is 6.63. The molecular formula is C18H33N5OS. The van der Waals surface area contributed by atoms with Gasteiger partial charge in [0.1, 0.15) is 0 Å². The smallest absolute Gasteiger partial charge is 0.191 e. The summed E-state index contributed by atoms with van der Waals surface area (Å²) in [6, 6.07) is 2.12. The molecule has 2 heterocycles. The molecule has 1 fully saturated rings. The lowest BCUT2D eigenvalue weighted by atomic mass is 9.99. The van der Waals surface area contributed by atoms with Crippen LogP contribution in [0.5, 0.6) is 0 Å². The molecule has 2 N–H and O–H groups in total. The Balaban J connectivity index is 1.81. The second kappa shape index (κ2) is 10.1. The van der Waals surface area contributed by atoms with Crippen LogP contribution >= 0.6 is 11.8 Å². The van der Waals surface area contributed by atoms with Crippen LogP contribution in [-0.2, 0) is 11.3 Å². The number of aryl methyl sites for hydroxylation is 3. The Morgan fingerprint density at radius 3 is 2.72 bits per heavy atom. The van der Waals surface area contributed by atoms with Gasteiger partial charge in [-0.2, -0.15) is 16.9 Å². The molecule has 7 heteroatoms. The predicted molar refractivity (Wildman–Crippen MR) is 107 cm³/mol. The molecule has 25 heavy (non-hydrogen) atoms. The molecule has 1 aromatic rings. The summed E-state index contributed by atoms with van der Waals surface area (Å²) in [5, 5.41) is 11.3. The summed E-state index contributed by atoms with van der Waals surface area (Å²) in [5.74, 6) is 0.913. The summed E-state index contributed by atoms with van der Waals surface area (Å²) >= 11 is 1.93. The van der Waals surface area contributed by atoms with Gasteiger partial charge in [-0.05, 0) is 52.4 Å². The first-order chi connectivity index (χ1) is 12.1. The quantitative estimate of drug-likeness (QED) is 0.420. The van der Waals surface area contributed by atoms with E-state index in [1.54, 1.807) is 0 Å². The number of guanidine groups is 1. The summed E-state index contributed by atoms with van der Waals surface area (Å²) in [6.07, 6.45) is 5.37. The molecule has 142 valence electrons. The summed E-state index contributed by atoms with van der Waals surface area (Å²) in [6.45, 7) is 11.5. The van der Waals surface area contributed by atoms with Crippen molar-refractivity contribution in [2.24, 2.45) is 4.99 Å². The highest BCUT2D eigenvalue weighted by molar-refractivity contribution is 8.00. The van der Waals surface area contributed by atoms with Gasteiger partial charge in [-0.15, -0.1) is 0 Å². The number of thioether (sulfide) groups is 1. The molecule has 0 unspecified atom stereocenters. The van der Waals surface area contributed by atoms with Crippen molar-refractivity contribution in [3.8, 4) is 0 Å². The van der Waals surface area contributed by atoms with E-state index < -0.39 is 0 Å². The standard InChI is InChI=1S/C18H33N5OS/c1-5-19-17(21-14-18(25-4)7-11-24-12-8-18)20-9-6-10-23-16(3)13-15(2)22-23/h13H,5-12,14H2,1-4H3,(H2,19,20,21). The average Bonchev–Trinajstić information content (AvgIpc) is 2.94. The first-order valence-corrected chi connectivity index (χ1v) is 10.5. The monoisotopic (exact) mass is 367 g/mol. The van der Waals surface area contributed by atoms with Crippen LogP contribution in [0.2, 0.25) is 0 Å². The van der Waals surface area contributed by atoms with E-state index in [0.717, 1.165) is 70.3 Å². The number of aliphatic imine (C=N–C) groups is 1. The molecule has 1 aliphatic heterocycles. The molecule has 6 nitrogen and oxygen atoms in total. The number of ether oxygens (including phenoxy) is 1. The maximum Gasteiger partial charge on any atom is 0.191 e. The Morgan fingerprint density at radius 2 is 2.12 bits per heavy atom. The minimum Gasteiger partial charge on any atom is -0.381 e. The van der Waals surface area contributed by atoms with E-state index in [1.165, 1.54) is 5.69 Å². The number of hydrogen-bond donors (Lipinski definition) is 2. The first-order valence-electron chi connectivity index (χ1n) is 9.25. The average molecular weight is 368 g/mol. The molecule has 0 atom stereocenters. The van der Waals surface area contributed by atoms with Gasteiger partial charge in [0, 0.05) is 43.3 Å². The molecule has 1 saturated heterocycles. The van der Waals surface area contributed by atoms with Gasteiger partial charge in [0.2, 0.25) is 0 Å². The fourth-order valence-corrected chi connectivity index (χ4v) is 3.84. The van der Waals surface area contributed by atoms with Crippen LogP contribution in [0.3, 0.4) is 0 Å². The molecule has 2 rings (SSSR count). The molecular weight excluding hydrogens is 334 g/mol. The van der Waals surface area contributed by atoms with Crippen LogP contribution < -0.4 is 10.6 Å². The van der Waals surface area contributed by atoms with Gasteiger partial charge >= 0.3 is 0 Å². The van der Waals surface area contributed by atoms with Crippen LogP contribution in [0.1, 0.15) is 37.6 Å². The van der Waals surface area contributed by atoms with Crippen molar-refractivity contribution in [2.75, 3.05) is 39.1 Å². The van der Waals surface area contributed by atoms with Gasteiger partial charge in [0.15, 0.2) is 5.96 Å². The van der Waals surface area contributed by atoms with Crippen LogP contribution in [0.4, 0.5) is 0 Å². The van der Waals surface area contributed by atoms with Crippen LogP contribution in [-0.4, -0.2) is 59.6 Å². The topological polar surface area (TPSA) is 63.5 Å². The van der Waals surface area contributed by atoms with Gasteiger partial charge in [0.05, 0.1) is 12.2 Å². The van der Waals surface area contributed by atoms with E-state index in [9.17, 15) is 0 Å². The van der Waals surface area contributed by atoms with E-state index in [2.05, 4.69) is 46.6 Å². The zero-order valence-corrected chi connectivity index (χ0v) is 16.9. The molecule has 0 radical (unpaired) electrons.